The van der Waals surface area contributed by atoms with Gasteiger partial charge in [-0.3, -0.25) is 4.99 Å². The van der Waals surface area contributed by atoms with Crippen LogP contribution in [0.5, 0.6) is 0 Å². The molecule has 0 unspecified atom stereocenters. The molecule has 0 aromatic carbocycles. The fraction of sp³-hybridized carbons (Fsp3) is 0.929. The molecule has 0 radical (unpaired) electrons. The van der Waals surface area contributed by atoms with E-state index in [4.69, 9.17) is 4.74 Å². The van der Waals surface area contributed by atoms with Crippen LogP contribution in [-0.2, 0) is 4.74 Å². The van der Waals surface area contributed by atoms with E-state index in [1.54, 1.807) is 7.11 Å². The Morgan fingerprint density at radius 1 is 1.22 bits per heavy atom. The number of nitrogens with one attached hydrogen (secondary N) is 2. The summed E-state index contributed by atoms with van der Waals surface area (Å²) < 4.78 is 5.02. The molecule has 0 spiro atoms. The van der Waals surface area contributed by atoms with E-state index in [2.05, 4.69) is 22.5 Å². The van der Waals surface area contributed by atoms with Crippen molar-refractivity contribution in [1.82, 2.24) is 10.6 Å². The summed E-state index contributed by atoms with van der Waals surface area (Å²) in [5.74, 6) is 2.66. The molecule has 0 saturated heterocycles. The maximum atomic E-state index is 5.02. The molecule has 1 fully saturated rings. The molecule has 2 N–H and O–H groups in total. The topological polar surface area (TPSA) is 45.7 Å². The molecule has 0 atom stereocenters. The lowest BCUT2D eigenvalue weighted by atomic mass is 9.83. The van der Waals surface area contributed by atoms with Crippen LogP contribution in [0.15, 0.2) is 4.99 Å². The second kappa shape index (κ2) is 9.20. The van der Waals surface area contributed by atoms with Gasteiger partial charge in [0.15, 0.2) is 5.96 Å². The van der Waals surface area contributed by atoms with Crippen LogP contribution < -0.4 is 10.6 Å². The van der Waals surface area contributed by atoms with Crippen LogP contribution in [0.2, 0.25) is 0 Å². The highest BCUT2D eigenvalue weighted by Crippen LogP contribution is 2.27. The fourth-order valence-corrected chi connectivity index (χ4v) is 2.42. The maximum Gasteiger partial charge on any atom is 0.190 e. The van der Waals surface area contributed by atoms with Gasteiger partial charge in [0.05, 0.1) is 0 Å². The third-order valence-corrected chi connectivity index (χ3v) is 3.73. The number of ether oxygens (including phenoxy) is 1. The van der Waals surface area contributed by atoms with E-state index in [-0.39, 0.29) is 0 Å². The highest BCUT2D eigenvalue weighted by Gasteiger charge is 2.18. The Hall–Kier alpha value is -0.770. The van der Waals surface area contributed by atoms with E-state index >= 15 is 0 Å². The van der Waals surface area contributed by atoms with Gasteiger partial charge in [-0.2, -0.15) is 0 Å². The van der Waals surface area contributed by atoms with Crippen LogP contribution in [-0.4, -0.2) is 39.8 Å². The van der Waals surface area contributed by atoms with Gasteiger partial charge in [-0.05, 0) is 31.1 Å². The lowest BCUT2D eigenvalue weighted by Gasteiger charge is -2.26. The molecule has 0 aliphatic heterocycles. The van der Waals surface area contributed by atoms with Crippen molar-refractivity contribution >= 4 is 5.96 Å². The van der Waals surface area contributed by atoms with E-state index in [9.17, 15) is 0 Å². The van der Waals surface area contributed by atoms with Crippen LogP contribution in [0.1, 0.15) is 39.0 Å². The van der Waals surface area contributed by atoms with Gasteiger partial charge in [0.1, 0.15) is 0 Å². The van der Waals surface area contributed by atoms with Crippen molar-refractivity contribution in [3.8, 4) is 0 Å². The fourth-order valence-electron chi connectivity index (χ4n) is 2.42. The van der Waals surface area contributed by atoms with E-state index < -0.39 is 0 Å². The molecule has 0 amide bonds. The predicted molar refractivity (Wildman–Crippen MR) is 77.0 cm³/mol. The van der Waals surface area contributed by atoms with Crippen molar-refractivity contribution in [3.05, 3.63) is 0 Å². The van der Waals surface area contributed by atoms with Crippen molar-refractivity contribution in [2.24, 2.45) is 16.8 Å². The molecular formula is C14H29N3O. The zero-order chi connectivity index (χ0) is 13.2. The second-order valence-corrected chi connectivity index (χ2v) is 5.35. The first-order chi connectivity index (χ1) is 8.76. The number of guanidine groups is 1. The van der Waals surface area contributed by atoms with Gasteiger partial charge in [0.2, 0.25) is 0 Å². The normalized spacial score (nSPS) is 24.9. The van der Waals surface area contributed by atoms with Gasteiger partial charge in [0, 0.05) is 33.9 Å². The quantitative estimate of drug-likeness (QED) is 0.433. The smallest absolute Gasteiger partial charge is 0.190 e. The van der Waals surface area contributed by atoms with Crippen molar-refractivity contribution in [1.29, 1.82) is 0 Å². The molecule has 0 aromatic rings. The molecule has 4 nitrogen and oxygen atoms in total. The monoisotopic (exact) mass is 255 g/mol. The Morgan fingerprint density at radius 3 is 2.56 bits per heavy atom. The van der Waals surface area contributed by atoms with Gasteiger partial charge < -0.3 is 15.4 Å². The third kappa shape index (κ3) is 6.24. The average molecular weight is 255 g/mol. The highest BCUT2D eigenvalue weighted by atomic mass is 16.5. The van der Waals surface area contributed by atoms with Crippen molar-refractivity contribution in [3.63, 3.8) is 0 Å². The number of rotatable bonds is 6. The van der Waals surface area contributed by atoms with E-state index in [0.29, 0.717) is 0 Å². The third-order valence-electron chi connectivity index (χ3n) is 3.73. The first kappa shape index (κ1) is 15.3. The highest BCUT2D eigenvalue weighted by molar-refractivity contribution is 5.79. The van der Waals surface area contributed by atoms with Crippen LogP contribution >= 0.6 is 0 Å². The Kier molecular flexibility index (Phi) is 7.81. The summed E-state index contributed by atoms with van der Waals surface area (Å²) in [6, 6.07) is 0. The van der Waals surface area contributed by atoms with Crippen LogP contribution in [0.25, 0.3) is 0 Å². The summed E-state index contributed by atoms with van der Waals surface area (Å²) in [7, 11) is 3.56. The summed E-state index contributed by atoms with van der Waals surface area (Å²) in [6.07, 6.45) is 6.49. The summed E-state index contributed by atoms with van der Waals surface area (Å²) in [5, 5.41) is 6.74. The Labute approximate surface area is 112 Å². The summed E-state index contributed by atoms with van der Waals surface area (Å²) >= 11 is 0. The molecule has 1 aliphatic rings. The molecule has 0 aromatic heterocycles. The standard InChI is InChI=1S/C14H29N3O/c1-12-5-7-13(8-6-12)11-17-14(15-2)16-9-4-10-18-3/h12-13H,4-11H2,1-3H3,(H2,15,16,17). The molecule has 1 saturated carbocycles. The Morgan fingerprint density at radius 2 is 1.94 bits per heavy atom. The second-order valence-electron chi connectivity index (χ2n) is 5.35. The minimum absolute atomic E-state index is 0.796. The molecule has 4 heteroatoms. The Bertz CT molecular complexity index is 235. The van der Waals surface area contributed by atoms with Crippen molar-refractivity contribution < 1.29 is 4.74 Å². The lowest BCUT2D eigenvalue weighted by Crippen LogP contribution is -2.40. The van der Waals surface area contributed by atoms with Gasteiger partial charge in [-0.1, -0.05) is 19.8 Å². The summed E-state index contributed by atoms with van der Waals surface area (Å²) in [6.45, 7) is 5.12. The largest absolute Gasteiger partial charge is 0.385 e. The number of aliphatic imine (C=N–C) groups is 1. The van der Waals surface area contributed by atoms with Crippen LogP contribution in [0, 0.1) is 11.8 Å². The molecule has 1 rings (SSSR count). The number of hydrogen-bond acceptors (Lipinski definition) is 2. The minimum Gasteiger partial charge on any atom is -0.385 e. The maximum absolute atomic E-state index is 5.02. The van der Waals surface area contributed by atoms with E-state index in [0.717, 1.165) is 43.9 Å². The number of hydrogen-bond donors (Lipinski definition) is 2. The van der Waals surface area contributed by atoms with Crippen molar-refractivity contribution in [2.45, 2.75) is 39.0 Å². The molecule has 18 heavy (non-hydrogen) atoms. The molecular weight excluding hydrogens is 226 g/mol. The summed E-state index contributed by atoms with van der Waals surface area (Å²) in [5.41, 5.74) is 0. The van der Waals surface area contributed by atoms with Gasteiger partial charge in [0.25, 0.3) is 0 Å². The lowest BCUT2D eigenvalue weighted by molar-refractivity contribution is 0.195. The van der Waals surface area contributed by atoms with Gasteiger partial charge in [-0.25, -0.2) is 0 Å². The number of nitrogens with zero attached hydrogens (tertiary/aromatic N) is 1. The van der Waals surface area contributed by atoms with Crippen molar-refractivity contribution in [2.75, 3.05) is 33.9 Å². The first-order valence-corrected chi connectivity index (χ1v) is 7.19. The molecule has 106 valence electrons. The van der Waals surface area contributed by atoms with Crippen LogP contribution in [0.4, 0.5) is 0 Å². The van der Waals surface area contributed by atoms with Crippen LogP contribution in [0.3, 0.4) is 0 Å². The SMILES string of the molecule is CN=C(NCCCOC)NCC1CCC(C)CC1. The average Bonchev–Trinajstić information content (AvgIpc) is 2.40. The zero-order valence-electron chi connectivity index (χ0n) is 12.2. The zero-order valence-corrected chi connectivity index (χ0v) is 12.2. The Balaban J connectivity index is 2.11. The van der Waals surface area contributed by atoms with E-state index in [1.165, 1.54) is 25.7 Å². The van der Waals surface area contributed by atoms with Gasteiger partial charge in [-0.15, -0.1) is 0 Å². The molecule has 1 aliphatic carbocycles. The summed E-state index contributed by atoms with van der Waals surface area (Å²) in [4.78, 5) is 4.24. The molecule has 0 bridgehead atoms. The van der Waals surface area contributed by atoms with E-state index in [1.807, 2.05) is 7.05 Å². The first-order valence-electron chi connectivity index (χ1n) is 7.19. The van der Waals surface area contributed by atoms with Gasteiger partial charge >= 0.3 is 0 Å². The number of methoxy groups -OCH3 is 1. The minimum atomic E-state index is 0.796. The predicted octanol–water partition coefficient (Wildman–Crippen LogP) is 2.01. The molecule has 0 heterocycles.